The number of hydrogen-bond donors (Lipinski definition) is 1. The Bertz CT molecular complexity index is 495. The minimum Gasteiger partial charge on any atom is -0.306 e. The Labute approximate surface area is 107 Å². The summed E-state index contributed by atoms with van der Waals surface area (Å²) in [7, 11) is 0. The van der Waals surface area contributed by atoms with Crippen molar-refractivity contribution >= 4 is 11.6 Å². The largest absolute Gasteiger partial charge is 0.306 e. The van der Waals surface area contributed by atoms with Gasteiger partial charge in [-0.15, -0.1) is 0 Å². The zero-order valence-electron chi connectivity index (χ0n) is 10.1. The lowest BCUT2D eigenvalue weighted by atomic mass is 10.2. The minimum absolute atomic E-state index is 0.00718. The number of hydrogen-bond acceptors (Lipinski definition) is 2. The molecule has 1 aromatic rings. The third kappa shape index (κ3) is 2.30. The van der Waals surface area contributed by atoms with Gasteiger partial charge in [-0.2, -0.15) is 0 Å². The number of rotatable bonds is 3. The van der Waals surface area contributed by atoms with Crippen LogP contribution in [0, 0.1) is 23.3 Å². The van der Waals surface area contributed by atoms with E-state index in [1.807, 2.05) is 0 Å². The molecule has 19 heavy (non-hydrogen) atoms. The van der Waals surface area contributed by atoms with Gasteiger partial charge in [-0.25, -0.2) is 17.6 Å². The van der Waals surface area contributed by atoms with Gasteiger partial charge in [0.2, 0.25) is 5.91 Å². The maximum absolute atomic E-state index is 13.6. The predicted octanol–water partition coefficient (Wildman–Crippen LogP) is 1.96. The Hall–Kier alpha value is -1.63. The zero-order valence-corrected chi connectivity index (χ0v) is 10.1. The van der Waals surface area contributed by atoms with Crippen LogP contribution in [0.25, 0.3) is 0 Å². The summed E-state index contributed by atoms with van der Waals surface area (Å²) in [5.74, 6) is -6.74. The van der Waals surface area contributed by atoms with Crippen molar-refractivity contribution in [3.8, 4) is 0 Å². The number of anilines is 1. The van der Waals surface area contributed by atoms with Crippen LogP contribution >= 0.6 is 0 Å². The van der Waals surface area contributed by atoms with Gasteiger partial charge in [0.1, 0.15) is 5.69 Å². The van der Waals surface area contributed by atoms with Crippen molar-refractivity contribution in [1.82, 2.24) is 5.32 Å². The Morgan fingerprint density at radius 2 is 1.84 bits per heavy atom. The van der Waals surface area contributed by atoms with E-state index in [0.29, 0.717) is 13.0 Å². The summed E-state index contributed by atoms with van der Waals surface area (Å²) < 4.78 is 53.4. The molecule has 2 rings (SSSR count). The molecular weight excluding hydrogens is 264 g/mol. The van der Waals surface area contributed by atoms with Crippen molar-refractivity contribution in [1.29, 1.82) is 0 Å². The molecule has 0 spiro atoms. The van der Waals surface area contributed by atoms with E-state index in [1.165, 1.54) is 0 Å². The third-order valence-corrected chi connectivity index (χ3v) is 3.01. The number of carbonyl (C=O) groups is 1. The molecule has 0 bridgehead atoms. The zero-order chi connectivity index (χ0) is 14.2. The fourth-order valence-electron chi connectivity index (χ4n) is 2.14. The summed E-state index contributed by atoms with van der Waals surface area (Å²) in [6.07, 6.45) is 0.323. The Morgan fingerprint density at radius 1 is 1.26 bits per heavy atom. The second kappa shape index (κ2) is 5.16. The van der Waals surface area contributed by atoms with Gasteiger partial charge in [0.05, 0.1) is 6.04 Å². The van der Waals surface area contributed by atoms with Crippen molar-refractivity contribution < 1.29 is 22.4 Å². The van der Waals surface area contributed by atoms with Crippen molar-refractivity contribution in [3.63, 3.8) is 0 Å². The molecule has 3 nitrogen and oxygen atoms in total. The topological polar surface area (TPSA) is 32.3 Å². The van der Waals surface area contributed by atoms with Crippen molar-refractivity contribution in [2.24, 2.45) is 0 Å². The van der Waals surface area contributed by atoms with Crippen molar-refractivity contribution in [2.75, 3.05) is 18.0 Å². The number of likely N-dealkylation sites (N-methyl/N-ethyl adjacent to an activating group) is 1. The van der Waals surface area contributed by atoms with E-state index >= 15 is 0 Å². The van der Waals surface area contributed by atoms with Gasteiger partial charge in [0, 0.05) is 12.6 Å². The molecule has 1 aliphatic heterocycles. The van der Waals surface area contributed by atoms with Crippen LogP contribution in [0.5, 0.6) is 0 Å². The van der Waals surface area contributed by atoms with Crippen LogP contribution in [-0.4, -0.2) is 25.0 Å². The summed E-state index contributed by atoms with van der Waals surface area (Å²) >= 11 is 0. The second-order valence-electron chi connectivity index (χ2n) is 4.21. The molecule has 104 valence electrons. The highest BCUT2D eigenvalue weighted by Gasteiger charge is 2.36. The van der Waals surface area contributed by atoms with Crippen LogP contribution in [0.3, 0.4) is 0 Å². The fraction of sp³-hybridized carbons (Fsp3) is 0.417. The van der Waals surface area contributed by atoms with Crippen LogP contribution in [0.2, 0.25) is 0 Å². The molecular formula is C12H12F4N2O. The lowest BCUT2D eigenvalue weighted by Gasteiger charge is -2.19. The maximum Gasteiger partial charge on any atom is 0.244 e. The Morgan fingerprint density at radius 3 is 2.37 bits per heavy atom. The summed E-state index contributed by atoms with van der Waals surface area (Å²) in [6.45, 7) is 2.29. The minimum atomic E-state index is -1.55. The van der Waals surface area contributed by atoms with Crippen LogP contribution in [0.1, 0.15) is 13.3 Å². The van der Waals surface area contributed by atoms with E-state index in [1.54, 1.807) is 6.92 Å². The van der Waals surface area contributed by atoms with Gasteiger partial charge < -0.3 is 10.2 Å². The maximum atomic E-state index is 13.6. The van der Waals surface area contributed by atoms with Crippen LogP contribution < -0.4 is 10.2 Å². The molecule has 7 heteroatoms. The quantitative estimate of drug-likeness (QED) is 0.676. The number of nitrogens with one attached hydrogen (secondary N) is 1. The number of carbonyl (C=O) groups excluding carboxylic acids is 1. The van der Waals surface area contributed by atoms with E-state index in [2.05, 4.69) is 5.32 Å². The van der Waals surface area contributed by atoms with Crippen LogP contribution in [0.15, 0.2) is 6.07 Å². The molecule has 1 saturated heterocycles. The average Bonchev–Trinajstić information content (AvgIpc) is 2.71. The predicted molar refractivity (Wildman–Crippen MR) is 60.7 cm³/mol. The van der Waals surface area contributed by atoms with Gasteiger partial charge in [0.25, 0.3) is 0 Å². The molecule has 1 unspecified atom stereocenters. The second-order valence-corrected chi connectivity index (χ2v) is 4.21. The summed E-state index contributed by atoms with van der Waals surface area (Å²) in [5.41, 5.74) is -0.956. The van der Waals surface area contributed by atoms with E-state index in [0.717, 1.165) is 4.90 Å². The van der Waals surface area contributed by atoms with E-state index in [-0.39, 0.29) is 12.6 Å². The molecule has 1 aromatic carbocycles. The van der Waals surface area contributed by atoms with Gasteiger partial charge in [-0.05, 0) is 13.0 Å². The van der Waals surface area contributed by atoms with Crippen LogP contribution in [-0.2, 0) is 4.79 Å². The molecule has 0 aromatic heterocycles. The molecule has 0 saturated carbocycles. The van der Waals surface area contributed by atoms with E-state index < -0.39 is 40.9 Å². The standard InChI is InChI=1S/C12H12F4N2O/c1-2-17-8-3-4-18(12(8)19)11-9(15)6(13)5-7(14)10(11)16/h5,8,17H,2-4H2,1H3. The first-order valence-electron chi connectivity index (χ1n) is 5.85. The highest BCUT2D eigenvalue weighted by Crippen LogP contribution is 2.30. The van der Waals surface area contributed by atoms with E-state index in [9.17, 15) is 22.4 Å². The Kier molecular flexibility index (Phi) is 3.75. The highest BCUT2D eigenvalue weighted by atomic mass is 19.2. The highest BCUT2D eigenvalue weighted by molar-refractivity contribution is 5.99. The molecule has 1 atom stereocenters. The lowest BCUT2D eigenvalue weighted by Crippen LogP contribution is -2.38. The lowest BCUT2D eigenvalue weighted by molar-refractivity contribution is -0.118. The molecule has 1 N–H and O–H groups in total. The Balaban J connectivity index is 2.41. The van der Waals surface area contributed by atoms with Crippen molar-refractivity contribution in [3.05, 3.63) is 29.3 Å². The number of nitrogens with zero attached hydrogens (tertiary/aromatic N) is 1. The molecule has 1 heterocycles. The summed E-state index contributed by atoms with van der Waals surface area (Å²) in [6, 6.07) is -0.466. The normalized spacial score (nSPS) is 19.3. The smallest absolute Gasteiger partial charge is 0.244 e. The third-order valence-electron chi connectivity index (χ3n) is 3.01. The first-order chi connectivity index (χ1) is 8.97. The molecule has 0 radical (unpaired) electrons. The van der Waals surface area contributed by atoms with Gasteiger partial charge in [-0.3, -0.25) is 4.79 Å². The van der Waals surface area contributed by atoms with Gasteiger partial charge >= 0.3 is 0 Å². The molecule has 1 amide bonds. The molecule has 1 aliphatic rings. The summed E-state index contributed by atoms with van der Waals surface area (Å²) in [4.78, 5) is 12.6. The van der Waals surface area contributed by atoms with Gasteiger partial charge in [0.15, 0.2) is 23.3 Å². The molecule has 1 fully saturated rings. The number of benzene rings is 1. The average molecular weight is 276 g/mol. The summed E-state index contributed by atoms with van der Waals surface area (Å²) in [5, 5.41) is 2.84. The first-order valence-corrected chi connectivity index (χ1v) is 5.85. The van der Waals surface area contributed by atoms with Gasteiger partial charge in [-0.1, -0.05) is 6.92 Å². The fourth-order valence-corrected chi connectivity index (χ4v) is 2.14. The number of halogens is 4. The SMILES string of the molecule is CCNC1CCN(c2c(F)c(F)cc(F)c2F)C1=O. The monoisotopic (exact) mass is 276 g/mol. The van der Waals surface area contributed by atoms with E-state index in [4.69, 9.17) is 0 Å². The van der Waals surface area contributed by atoms with Crippen molar-refractivity contribution in [2.45, 2.75) is 19.4 Å². The first kappa shape index (κ1) is 13.8. The number of amides is 1. The molecule has 0 aliphatic carbocycles. The van der Waals surface area contributed by atoms with Crippen LogP contribution in [0.4, 0.5) is 23.2 Å².